The molecule has 0 N–H and O–H groups in total. The van der Waals surface area contributed by atoms with Gasteiger partial charge in [-0.3, -0.25) is 0 Å². The minimum absolute atomic E-state index is 0.126. The summed E-state index contributed by atoms with van der Waals surface area (Å²) in [7, 11) is -3.46. The third-order valence-electron chi connectivity index (χ3n) is 4.05. The van der Waals surface area contributed by atoms with Crippen LogP contribution in [0.15, 0.2) is 70.1 Å². The van der Waals surface area contributed by atoms with E-state index in [1.165, 1.54) is 12.1 Å². The molecule has 8 heteroatoms. The largest absolute Gasteiger partial charge is 0.332 e. The third-order valence-corrected chi connectivity index (χ3v) is 6.04. The lowest BCUT2D eigenvalue weighted by molar-refractivity contribution is 0.422. The van der Waals surface area contributed by atoms with E-state index in [1.807, 2.05) is 30.3 Å². The summed E-state index contributed by atoms with van der Waals surface area (Å²) in [6.45, 7) is 0. The van der Waals surface area contributed by atoms with Crippen LogP contribution < -0.4 is 0 Å². The van der Waals surface area contributed by atoms with Crippen molar-refractivity contribution in [2.75, 3.05) is 5.75 Å². The van der Waals surface area contributed by atoms with Gasteiger partial charge in [0.2, 0.25) is 0 Å². The second kappa shape index (κ2) is 7.09. The standard InChI is InChI=1S/C19H14ClN3O3S/c20-14-6-8-15(9-7-14)27(24,25)12-11-18-22-19(26-23-18)17-10-5-13-3-1-2-4-16(13)21-17/h1-10H,11-12H2. The van der Waals surface area contributed by atoms with Crippen LogP contribution in [0.5, 0.6) is 0 Å². The average molecular weight is 400 g/mol. The predicted octanol–water partition coefficient (Wildman–Crippen LogP) is 3.95. The molecular formula is C19H14ClN3O3S. The molecule has 0 bridgehead atoms. The van der Waals surface area contributed by atoms with Crippen LogP contribution >= 0.6 is 11.6 Å². The molecule has 6 nitrogen and oxygen atoms in total. The van der Waals surface area contributed by atoms with Crippen LogP contribution in [0.1, 0.15) is 5.82 Å². The number of fused-ring (bicyclic) bond motifs is 1. The summed E-state index contributed by atoms with van der Waals surface area (Å²) in [5, 5.41) is 5.37. The maximum absolute atomic E-state index is 12.4. The smallest absolute Gasteiger partial charge is 0.276 e. The van der Waals surface area contributed by atoms with Crippen molar-refractivity contribution in [2.24, 2.45) is 0 Å². The molecule has 0 spiro atoms. The number of rotatable bonds is 5. The number of pyridine rings is 1. The molecule has 27 heavy (non-hydrogen) atoms. The van der Waals surface area contributed by atoms with Crippen LogP contribution in [-0.2, 0) is 16.3 Å². The molecule has 0 aliphatic rings. The molecular weight excluding hydrogens is 386 g/mol. The lowest BCUT2D eigenvalue weighted by atomic mass is 10.2. The van der Waals surface area contributed by atoms with Crippen LogP contribution in [0.3, 0.4) is 0 Å². The fraction of sp³-hybridized carbons (Fsp3) is 0.105. The molecule has 4 rings (SSSR count). The van der Waals surface area contributed by atoms with Gasteiger partial charge in [0.15, 0.2) is 15.7 Å². The summed E-state index contributed by atoms with van der Waals surface area (Å²) < 4.78 is 30.0. The zero-order chi connectivity index (χ0) is 18.9. The Kier molecular flexibility index (Phi) is 4.63. The normalized spacial score (nSPS) is 11.7. The van der Waals surface area contributed by atoms with Crippen molar-refractivity contribution < 1.29 is 12.9 Å². The van der Waals surface area contributed by atoms with E-state index in [-0.39, 0.29) is 23.0 Å². The number of hydrogen-bond acceptors (Lipinski definition) is 6. The van der Waals surface area contributed by atoms with Crippen molar-refractivity contribution in [3.05, 3.63) is 71.5 Å². The minimum Gasteiger partial charge on any atom is -0.332 e. The number of benzene rings is 2. The third kappa shape index (κ3) is 3.84. The van der Waals surface area contributed by atoms with Crippen LogP contribution in [0.4, 0.5) is 0 Å². The molecule has 2 aromatic carbocycles. The molecule has 0 unspecified atom stereocenters. The number of para-hydroxylation sites is 1. The van der Waals surface area contributed by atoms with Crippen LogP contribution in [-0.4, -0.2) is 29.3 Å². The molecule has 0 aliphatic carbocycles. The molecule has 0 saturated heterocycles. The minimum atomic E-state index is -3.46. The van der Waals surface area contributed by atoms with Gasteiger partial charge in [-0.25, -0.2) is 13.4 Å². The molecule has 2 heterocycles. The quantitative estimate of drug-likeness (QED) is 0.505. The molecule has 0 radical (unpaired) electrons. The van der Waals surface area contributed by atoms with E-state index < -0.39 is 9.84 Å². The molecule has 0 atom stereocenters. The summed E-state index contributed by atoms with van der Waals surface area (Å²) in [5.41, 5.74) is 1.37. The van der Waals surface area contributed by atoms with E-state index in [2.05, 4.69) is 15.1 Å². The highest BCUT2D eigenvalue weighted by atomic mass is 35.5. The van der Waals surface area contributed by atoms with Gasteiger partial charge in [0.05, 0.1) is 16.2 Å². The summed E-state index contributed by atoms with van der Waals surface area (Å²) in [5.74, 6) is 0.454. The number of sulfone groups is 1. The van der Waals surface area contributed by atoms with Gasteiger partial charge in [-0.05, 0) is 36.4 Å². The van der Waals surface area contributed by atoms with Crippen molar-refractivity contribution >= 4 is 32.3 Å². The predicted molar refractivity (Wildman–Crippen MR) is 102 cm³/mol. The van der Waals surface area contributed by atoms with Gasteiger partial charge >= 0.3 is 0 Å². The summed E-state index contributed by atoms with van der Waals surface area (Å²) in [6.07, 6.45) is 0.141. The fourth-order valence-electron chi connectivity index (χ4n) is 2.63. The van der Waals surface area contributed by atoms with Gasteiger partial charge in [-0.2, -0.15) is 4.98 Å². The highest BCUT2D eigenvalue weighted by Gasteiger charge is 2.17. The Balaban J connectivity index is 1.51. The Morgan fingerprint density at radius 1 is 0.926 bits per heavy atom. The van der Waals surface area contributed by atoms with Gasteiger partial charge in [-0.15, -0.1) is 0 Å². The SMILES string of the molecule is O=S(=O)(CCc1noc(-c2ccc3ccccc3n2)n1)c1ccc(Cl)cc1. The lowest BCUT2D eigenvalue weighted by Gasteiger charge is -2.02. The van der Waals surface area contributed by atoms with Crippen molar-refractivity contribution in [2.45, 2.75) is 11.3 Å². The monoisotopic (exact) mass is 399 g/mol. The average Bonchev–Trinajstić information content (AvgIpc) is 3.16. The molecule has 2 aromatic heterocycles. The van der Waals surface area contributed by atoms with E-state index in [9.17, 15) is 8.42 Å². The molecule has 0 fully saturated rings. The second-order valence-electron chi connectivity index (χ2n) is 5.93. The Hall–Kier alpha value is -2.77. The summed E-state index contributed by atoms with van der Waals surface area (Å²) >= 11 is 5.80. The van der Waals surface area contributed by atoms with Crippen molar-refractivity contribution in [1.29, 1.82) is 0 Å². The Morgan fingerprint density at radius 3 is 2.52 bits per heavy atom. The molecule has 136 valence electrons. The lowest BCUT2D eigenvalue weighted by Crippen LogP contribution is -2.10. The van der Waals surface area contributed by atoms with E-state index in [0.29, 0.717) is 16.5 Å². The van der Waals surface area contributed by atoms with Crippen molar-refractivity contribution in [1.82, 2.24) is 15.1 Å². The van der Waals surface area contributed by atoms with E-state index >= 15 is 0 Å². The van der Waals surface area contributed by atoms with E-state index in [0.717, 1.165) is 10.9 Å². The first-order valence-electron chi connectivity index (χ1n) is 8.18. The Bertz CT molecular complexity index is 1200. The highest BCUT2D eigenvalue weighted by molar-refractivity contribution is 7.91. The van der Waals surface area contributed by atoms with E-state index in [1.54, 1.807) is 18.2 Å². The maximum Gasteiger partial charge on any atom is 0.276 e. The first-order chi connectivity index (χ1) is 13.0. The summed E-state index contributed by atoms with van der Waals surface area (Å²) in [4.78, 5) is 8.98. The molecule has 0 saturated carbocycles. The molecule has 0 amide bonds. The first kappa shape index (κ1) is 17.6. The fourth-order valence-corrected chi connectivity index (χ4v) is 3.99. The number of aromatic nitrogens is 3. The Labute approximate surface area is 160 Å². The highest BCUT2D eigenvalue weighted by Crippen LogP contribution is 2.20. The molecule has 0 aliphatic heterocycles. The van der Waals surface area contributed by atoms with Gasteiger partial charge in [0.1, 0.15) is 5.69 Å². The van der Waals surface area contributed by atoms with Gasteiger partial charge in [0.25, 0.3) is 5.89 Å². The van der Waals surface area contributed by atoms with Gasteiger partial charge in [-0.1, -0.05) is 41.0 Å². The van der Waals surface area contributed by atoms with E-state index in [4.69, 9.17) is 16.1 Å². The van der Waals surface area contributed by atoms with Crippen LogP contribution in [0, 0.1) is 0 Å². The number of hydrogen-bond donors (Lipinski definition) is 0. The number of aryl methyl sites for hydroxylation is 1. The van der Waals surface area contributed by atoms with Gasteiger partial charge < -0.3 is 4.52 Å². The molecule has 4 aromatic rings. The van der Waals surface area contributed by atoms with Gasteiger partial charge in [0, 0.05) is 16.8 Å². The number of nitrogens with zero attached hydrogens (tertiary/aromatic N) is 3. The summed E-state index contributed by atoms with van der Waals surface area (Å²) in [6, 6.07) is 17.5. The zero-order valence-corrected chi connectivity index (χ0v) is 15.6. The van der Waals surface area contributed by atoms with Crippen molar-refractivity contribution in [3.63, 3.8) is 0 Å². The van der Waals surface area contributed by atoms with Crippen LogP contribution in [0.2, 0.25) is 5.02 Å². The zero-order valence-electron chi connectivity index (χ0n) is 14.0. The first-order valence-corrected chi connectivity index (χ1v) is 10.2. The Morgan fingerprint density at radius 2 is 1.70 bits per heavy atom. The van der Waals surface area contributed by atoms with Crippen LogP contribution in [0.25, 0.3) is 22.5 Å². The second-order valence-corrected chi connectivity index (χ2v) is 8.47. The maximum atomic E-state index is 12.4. The topological polar surface area (TPSA) is 86.0 Å². The van der Waals surface area contributed by atoms with Crippen molar-refractivity contribution in [3.8, 4) is 11.6 Å². The number of halogens is 1.